The quantitative estimate of drug-likeness (QED) is 0.573. The highest BCUT2D eigenvalue weighted by molar-refractivity contribution is 5.83. The van der Waals surface area contributed by atoms with E-state index in [9.17, 15) is 18.0 Å². The van der Waals surface area contributed by atoms with E-state index in [1.54, 1.807) is 25.1 Å². The van der Waals surface area contributed by atoms with E-state index in [0.29, 0.717) is 12.1 Å². The van der Waals surface area contributed by atoms with Gasteiger partial charge in [-0.1, -0.05) is 35.6 Å². The van der Waals surface area contributed by atoms with E-state index in [1.165, 1.54) is 6.92 Å². The van der Waals surface area contributed by atoms with Gasteiger partial charge in [0.2, 0.25) is 6.04 Å². The minimum Gasteiger partial charge on any atom is -0.464 e. The van der Waals surface area contributed by atoms with Crippen LogP contribution in [0.5, 0.6) is 0 Å². The third-order valence-corrected chi connectivity index (χ3v) is 4.74. The molecule has 156 valence electrons. The summed E-state index contributed by atoms with van der Waals surface area (Å²) in [4.78, 5) is 12.2. The Morgan fingerprint density at radius 3 is 2.57 bits per heavy atom. The van der Waals surface area contributed by atoms with E-state index in [1.807, 2.05) is 30.3 Å². The van der Waals surface area contributed by atoms with Gasteiger partial charge in [-0.3, -0.25) is 0 Å². The van der Waals surface area contributed by atoms with E-state index in [4.69, 9.17) is 10.00 Å². The molecule has 1 heterocycles. The van der Waals surface area contributed by atoms with Gasteiger partial charge in [0, 0.05) is 6.92 Å². The number of nitriles is 1. The molecule has 0 saturated heterocycles. The smallest absolute Gasteiger partial charge is 0.415 e. The Kier molecular flexibility index (Phi) is 6.06. The Labute approximate surface area is 171 Å². The number of fused-ring (bicyclic) bond motifs is 3. The van der Waals surface area contributed by atoms with Crippen molar-refractivity contribution in [2.24, 2.45) is 10.3 Å². The Balaban J connectivity index is 0.000000806. The van der Waals surface area contributed by atoms with Crippen LogP contribution in [0.25, 0.3) is 11.1 Å². The third-order valence-electron chi connectivity index (χ3n) is 4.74. The maximum absolute atomic E-state index is 13.3. The molecule has 2 aromatic carbocycles. The number of carbonyl (C=O) groups excluding carboxylic acids is 1. The zero-order valence-electron chi connectivity index (χ0n) is 16.3. The summed E-state index contributed by atoms with van der Waals surface area (Å²) in [6.45, 7) is 2.95. The van der Waals surface area contributed by atoms with Crippen LogP contribution in [0.2, 0.25) is 0 Å². The van der Waals surface area contributed by atoms with Crippen LogP contribution in [0.3, 0.4) is 0 Å². The second kappa shape index (κ2) is 8.53. The Bertz CT molecular complexity index is 1010. The van der Waals surface area contributed by atoms with Gasteiger partial charge in [0.25, 0.3) is 0 Å². The molecule has 6 nitrogen and oxygen atoms in total. The molecular weight excluding hydrogens is 397 g/mol. The van der Waals surface area contributed by atoms with E-state index >= 15 is 0 Å². The van der Waals surface area contributed by atoms with Crippen LogP contribution in [0.4, 0.5) is 18.9 Å². The highest BCUT2D eigenvalue weighted by Gasteiger charge is 2.55. The minimum atomic E-state index is -4.69. The van der Waals surface area contributed by atoms with Crippen LogP contribution < -0.4 is 5.01 Å². The summed E-state index contributed by atoms with van der Waals surface area (Å²) in [7, 11) is 0. The molecule has 9 heteroatoms. The number of nitrogens with zero attached hydrogens (tertiary/aromatic N) is 4. The van der Waals surface area contributed by atoms with Gasteiger partial charge in [-0.25, -0.2) is 9.80 Å². The first-order chi connectivity index (χ1) is 14.3. The fourth-order valence-corrected chi connectivity index (χ4v) is 3.55. The summed E-state index contributed by atoms with van der Waals surface area (Å²) in [6, 6.07) is 11.0. The summed E-state index contributed by atoms with van der Waals surface area (Å²) in [5.41, 5.74) is 4.66. The first-order valence-electron chi connectivity index (χ1n) is 9.27. The van der Waals surface area contributed by atoms with Crippen molar-refractivity contribution in [3.05, 3.63) is 53.6 Å². The number of rotatable bonds is 3. The summed E-state index contributed by atoms with van der Waals surface area (Å²) < 4.78 is 44.8. The van der Waals surface area contributed by atoms with Gasteiger partial charge in [-0.15, -0.1) is 0 Å². The topological polar surface area (TPSA) is 78.0 Å². The van der Waals surface area contributed by atoms with Crippen LogP contribution in [0.15, 0.2) is 52.8 Å². The largest absolute Gasteiger partial charge is 0.464 e. The lowest BCUT2D eigenvalue weighted by Gasteiger charge is -2.25. The number of esters is 1. The second-order valence-electron chi connectivity index (χ2n) is 6.63. The molecule has 0 saturated carbocycles. The van der Waals surface area contributed by atoms with Crippen molar-refractivity contribution in [1.82, 2.24) is 0 Å². The number of alkyl halides is 3. The maximum Gasteiger partial charge on any atom is 0.415 e. The van der Waals surface area contributed by atoms with Crippen molar-refractivity contribution in [2.75, 3.05) is 11.6 Å². The van der Waals surface area contributed by atoms with Gasteiger partial charge in [0.1, 0.15) is 0 Å². The van der Waals surface area contributed by atoms with Crippen LogP contribution >= 0.6 is 0 Å². The summed E-state index contributed by atoms with van der Waals surface area (Å²) >= 11 is 0. The van der Waals surface area contributed by atoms with Crippen molar-refractivity contribution in [1.29, 1.82) is 5.26 Å². The molecule has 4 rings (SSSR count). The van der Waals surface area contributed by atoms with Gasteiger partial charge in [0.15, 0.2) is 6.04 Å². The van der Waals surface area contributed by atoms with Crippen molar-refractivity contribution >= 4 is 11.7 Å². The van der Waals surface area contributed by atoms with Gasteiger partial charge in [0.05, 0.1) is 18.4 Å². The third kappa shape index (κ3) is 3.99. The summed E-state index contributed by atoms with van der Waals surface area (Å²) in [5, 5.41) is 15.3. The number of carbonyl (C=O) groups is 1. The maximum atomic E-state index is 13.3. The zero-order chi connectivity index (χ0) is 21.9. The van der Waals surface area contributed by atoms with Crippen LogP contribution in [0, 0.1) is 11.3 Å². The average Bonchev–Trinajstić information content (AvgIpc) is 3.30. The van der Waals surface area contributed by atoms with Gasteiger partial charge < -0.3 is 4.74 Å². The lowest BCUT2D eigenvalue weighted by atomic mass is 10.0. The molecule has 2 aromatic rings. The van der Waals surface area contributed by atoms with Crippen molar-refractivity contribution in [3.8, 4) is 17.2 Å². The van der Waals surface area contributed by atoms with Gasteiger partial charge in [-0.05, 0) is 47.7 Å². The molecule has 1 aliphatic heterocycles. The fourth-order valence-electron chi connectivity index (χ4n) is 3.55. The van der Waals surface area contributed by atoms with Crippen molar-refractivity contribution < 1.29 is 22.7 Å². The number of hydrogen-bond donors (Lipinski definition) is 0. The fraction of sp³-hybridized carbons (Fsp3) is 0.333. The highest BCUT2D eigenvalue weighted by atomic mass is 19.4. The zero-order valence-corrected chi connectivity index (χ0v) is 16.3. The standard InChI is InChI=1S/C19H16F3N3O2.C2H3N/c1-2-27-18(26)16-17(19(20,21)22)23-24-25(16)13-7-8-15-12(10-13)9-11-5-3-4-6-14(11)15;1-2-3/h3-8,10,16-17H,2,9H2,1H3;1H3/t16-,17-;/m1./s1. The summed E-state index contributed by atoms with van der Waals surface area (Å²) in [6.07, 6.45) is -4.01. The molecule has 2 aliphatic rings. The second-order valence-corrected chi connectivity index (χ2v) is 6.63. The minimum absolute atomic E-state index is 0.0206. The van der Waals surface area contributed by atoms with Crippen LogP contribution in [-0.4, -0.2) is 30.8 Å². The first-order valence-corrected chi connectivity index (χ1v) is 9.27. The Hall–Kier alpha value is -3.41. The number of ether oxygens (including phenoxy) is 1. The molecule has 0 aromatic heterocycles. The molecule has 0 N–H and O–H groups in total. The summed E-state index contributed by atoms with van der Waals surface area (Å²) in [5.74, 6) is -0.992. The highest BCUT2D eigenvalue weighted by Crippen LogP contribution is 2.41. The van der Waals surface area contributed by atoms with Crippen molar-refractivity contribution in [2.45, 2.75) is 38.5 Å². The molecule has 0 amide bonds. The average molecular weight is 416 g/mol. The number of halogens is 3. The molecule has 0 radical (unpaired) electrons. The van der Waals surface area contributed by atoms with Crippen LogP contribution in [-0.2, 0) is 16.0 Å². The molecule has 30 heavy (non-hydrogen) atoms. The van der Waals surface area contributed by atoms with Crippen molar-refractivity contribution in [3.63, 3.8) is 0 Å². The molecule has 2 atom stereocenters. The SMILES string of the molecule is CC#N.CCOC(=O)[C@H]1[C@H](C(F)(F)F)N=NN1c1ccc2c(c1)Cc1ccccc1-2. The number of hydrogen-bond acceptors (Lipinski definition) is 6. The molecule has 0 spiro atoms. The predicted molar refractivity (Wildman–Crippen MR) is 104 cm³/mol. The van der Waals surface area contributed by atoms with Gasteiger partial charge >= 0.3 is 12.1 Å². The molecular formula is C21H19F3N4O2. The molecule has 1 aliphatic carbocycles. The van der Waals surface area contributed by atoms with E-state index < -0.39 is 24.2 Å². The van der Waals surface area contributed by atoms with E-state index in [-0.39, 0.29) is 6.61 Å². The van der Waals surface area contributed by atoms with Crippen LogP contribution in [0.1, 0.15) is 25.0 Å². The monoisotopic (exact) mass is 416 g/mol. The molecule has 0 unspecified atom stereocenters. The predicted octanol–water partition coefficient (Wildman–Crippen LogP) is 4.84. The Morgan fingerprint density at radius 2 is 1.90 bits per heavy atom. The van der Waals surface area contributed by atoms with E-state index in [2.05, 4.69) is 10.3 Å². The first kappa shape index (κ1) is 21.3. The van der Waals surface area contributed by atoms with E-state index in [0.717, 1.165) is 27.3 Å². The molecule has 0 fully saturated rings. The lowest BCUT2D eigenvalue weighted by molar-refractivity contribution is -0.165. The number of benzene rings is 2. The molecule has 0 bridgehead atoms. The number of anilines is 1. The Morgan fingerprint density at radius 1 is 1.23 bits per heavy atom. The lowest BCUT2D eigenvalue weighted by Crippen LogP contribution is -2.49. The van der Waals surface area contributed by atoms with Gasteiger partial charge in [-0.2, -0.15) is 23.5 Å². The normalized spacial score (nSPS) is 18.7.